The molecule has 0 bridgehead atoms. The van der Waals surface area contributed by atoms with Crippen LogP contribution in [0.5, 0.6) is 0 Å². The number of nitrogens with zero attached hydrogens (tertiary/aromatic N) is 1. The number of hydrogen-bond acceptors (Lipinski definition) is 3. The molecule has 1 aromatic carbocycles. The lowest BCUT2D eigenvalue weighted by Crippen LogP contribution is -2.21. The molecule has 2 rings (SSSR count). The zero-order chi connectivity index (χ0) is 13.7. The smallest absolute Gasteiger partial charge is 0.221 e. The van der Waals surface area contributed by atoms with E-state index in [1.54, 1.807) is 7.11 Å². The van der Waals surface area contributed by atoms with Gasteiger partial charge >= 0.3 is 0 Å². The van der Waals surface area contributed by atoms with E-state index < -0.39 is 0 Å². The third-order valence-electron chi connectivity index (χ3n) is 3.45. The molecule has 0 spiro atoms. The van der Waals surface area contributed by atoms with Crippen molar-refractivity contribution in [3.05, 3.63) is 29.8 Å². The van der Waals surface area contributed by atoms with Crippen LogP contribution >= 0.6 is 0 Å². The van der Waals surface area contributed by atoms with Crippen LogP contribution < -0.4 is 5.32 Å². The van der Waals surface area contributed by atoms with Gasteiger partial charge in [-0.2, -0.15) is 0 Å². The molecule has 1 aliphatic heterocycles. The van der Waals surface area contributed by atoms with Gasteiger partial charge in [0.15, 0.2) is 0 Å². The van der Waals surface area contributed by atoms with Crippen LogP contribution in [0.2, 0.25) is 0 Å². The number of amides is 1. The van der Waals surface area contributed by atoms with E-state index >= 15 is 0 Å². The summed E-state index contributed by atoms with van der Waals surface area (Å²) in [5.41, 5.74) is 2.14. The van der Waals surface area contributed by atoms with Gasteiger partial charge in [0.2, 0.25) is 5.91 Å². The van der Waals surface area contributed by atoms with Gasteiger partial charge in [0.1, 0.15) is 0 Å². The van der Waals surface area contributed by atoms with Crippen LogP contribution in [0.3, 0.4) is 0 Å². The van der Waals surface area contributed by atoms with Crippen LogP contribution in [0.4, 0.5) is 5.69 Å². The fourth-order valence-electron chi connectivity index (χ4n) is 2.58. The number of nitrogens with one attached hydrogen (secondary N) is 1. The number of carbonyl (C=O) groups excluding carboxylic acids is 1. The highest BCUT2D eigenvalue weighted by atomic mass is 16.5. The Kier molecular flexibility index (Phi) is 4.93. The Morgan fingerprint density at radius 2 is 2.16 bits per heavy atom. The Balaban J connectivity index is 1.85. The monoisotopic (exact) mass is 262 g/mol. The Bertz CT molecular complexity index is 417. The van der Waals surface area contributed by atoms with Gasteiger partial charge in [-0.1, -0.05) is 12.1 Å². The third kappa shape index (κ3) is 4.33. The minimum absolute atomic E-state index is 0.0327. The minimum Gasteiger partial charge on any atom is -0.384 e. The van der Waals surface area contributed by atoms with E-state index in [1.807, 2.05) is 12.1 Å². The fourth-order valence-corrected chi connectivity index (χ4v) is 2.58. The molecule has 0 radical (unpaired) electrons. The largest absolute Gasteiger partial charge is 0.384 e. The minimum atomic E-state index is -0.0327. The van der Waals surface area contributed by atoms with Crippen molar-refractivity contribution >= 4 is 11.6 Å². The quantitative estimate of drug-likeness (QED) is 0.883. The van der Waals surface area contributed by atoms with Gasteiger partial charge in [-0.05, 0) is 36.6 Å². The molecule has 104 valence electrons. The van der Waals surface area contributed by atoms with Crippen molar-refractivity contribution in [3.63, 3.8) is 0 Å². The van der Waals surface area contributed by atoms with Crippen LogP contribution in [0.1, 0.15) is 18.9 Å². The number of anilines is 1. The van der Waals surface area contributed by atoms with Crippen LogP contribution in [-0.4, -0.2) is 37.6 Å². The molecule has 0 aliphatic carbocycles. The van der Waals surface area contributed by atoms with E-state index in [4.69, 9.17) is 4.74 Å². The summed E-state index contributed by atoms with van der Waals surface area (Å²) in [7, 11) is 1.77. The van der Waals surface area contributed by atoms with Gasteiger partial charge in [0.05, 0.1) is 6.61 Å². The molecule has 1 amide bonds. The van der Waals surface area contributed by atoms with Gasteiger partial charge in [-0.15, -0.1) is 0 Å². The molecule has 0 aromatic heterocycles. The summed E-state index contributed by atoms with van der Waals surface area (Å²) in [6, 6.07) is 8.07. The van der Waals surface area contributed by atoms with E-state index in [0.29, 0.717) is 5.92 Å². The lowest BCUT2D eigenvalue weighted by Gasteiger charge is -2.16. The number of hydrogen-bond donors (Lipinski definition) is 1. The number of carbonyl (C=O) groups is 1. The van der Waals surface area contributed by atoms with E-state index in [0.717, 1.165) is 31.9 Å². The average molecular weight is 262 g/mol. The fraction of sp³-hybridized carbons (Fsp3) is 0.533. The van der Waals surface area contributed by atoms with E-state index in [2.05, 4.69) is 22.3 Å². The molecule has 1 unspecified atom stereocenters. The van der Waals surface area contributed by atoms with Crippen molar-refractivity contribution in [2.45, 2.75) is 19.9 Å². The predicted octanol–water partition coefficient (Wildman–Crippen LogP) is 2.11. The molecule has 1 atom stereocenters. The molecule has 1 aliphatic rings. The first kappa shape index (κ1) is 14.0. The van der Waals surface area contributed by atoms with Crippen molar-refractivity contribution in [1.82, 2.24) is 4.90 Å². The second kappa shape index (κ2) is 6.68. The standard InChI is InChI=1S/C15H22N2O2/c1-12(18)16-15-5-3-13(4-6-15)9-17-8-7-14(10-17)11-19-2/h3-6,14H,7-11H2,1-2H3,(H,16,18). The maximum absolute atomic E-state index is 10.9. The topological polar surface area (TPSA) is 41.6 Å². The van der Waals surface area contributed by atoms with Crippen molar-refractivity contribution in [1.29, 1.82) is 0 Å². The first-order valence-electron chi connectivity index (χ1n) is 6.75. The highest BCUT2D eigenvalue weighted by molar-refractivity contribution is 5.88. The molecule has 1 heterocycles. The molecule has 1 fully saturated rings. The summed E-state index contributed by atoms with van der Waals surface area (Å²) in [4.78, 5) is 13.4. The SMILES string of the molecule is COCC1CCN(Cc2ccc(NC(C)=O)cc2)C1. The van der Waals surface area contributed by atoms with Gasteiger partial charge in [0, 0.05) is 32.8 Å². The first-order valence-corrected chi connectivity index (χ1v) is 6.75. The second-order valence-corrected chi connectivity index (χ2v) is 5.22. The van der Waals surface area contributed by atoms with E-state index in [1.165, 1.54) is 18.9 Å². The molecular weight excluding hydrogens is 240 g/mol. The number of rotatable bonds is 5. The predicted molar refractivity (Wildman–Crippen MR) is 76.0 cm³/mol. The van der Waals surface area contributed by atoms with Gasteiger partial charge < -0.3 is 10.1 Å². The lowest BCUT2D eigenvalue weighted by molar-refractivity contribution is -0.114. The maximum Gasteiger partial charge on any atom is 0.221 e. The Labute approximate surface area is 114 Å². The number of ether oxygens (including phenoxy) is 1. The summed E-state index contributed by atoms with van der Waals surface area (Å²) in [5.74, 6) is 0.637. The van der Waals surface area contributed by atoms with Crippen LogP contribution in [0, 0.1) is 5.92 Å². The highest BCUT2D eigenvalue weighted by Crippen LogP contribution is 2.19. The number of methoxy groups -OCH3 is 1. The Hall–Kier alpha value is -1.39. The summed E-state index contributed by atoms with van der Waals surface area (Å²) >= 11 is 0. The summed E-state index contributed by atoms with van der Waals surface area (Å²) in [6.45, 7) is 5.61. The van der Waals surface area contributed by atoms with Crippen molar-refractivity contribution in [2.24, 2.45) is 5.92 Å². The maximum atomic E-state index is 10.9. The molecule has 4 heteroatoms. The highest BCUT2D eigenvalue weighted by Gasteiger charge is 2.21. The molecule has 1 N–H and O–H groups in total. The summed E-state index contributed by atoms with van der Waals surface area (Å²) in [6.07, 6.45) is 1.22. The van der Waals surface area contributed by atoms with E-state index in [-0.39, 0.29) is 5.91 Å². The van der Waals surface area contributed by atoms with Crippen molar-refractivity contribution < 1.29 is 9.53 Å². The molecule has 1 aromatic rings. The van der Waals surface area contributed by atoms with E-state index in [9.17, 15) is 4.79 Å². The second-order valence-electron chi connectivity index (χ2n) is 5.22. The zero-order valence-electron chi connectivity index (χ0n) is 11.7. The molecule has 0 saturated carbocycles. The first-order chi connectivity index (χ1) is 9.17. The molecular formula is C15H22N2O2. The van der Waals surface area contributed by atoms with Gasteiger partial charge in [-0.25, -0.2) is 0 Å². The molecule has 4 nitrogen and oxygen atoms in total. The van der Waals surface area contributed by atoms with Crippen molar-refractivity contribution in [3.8, 4) is 0 Å². The van der Waals surface area contributed by atoms with Crippen LogP contribution in [-0.2, 0) is 16.1 Å². The van der Waals surface area contributed by atoms with Crippen molar-refractivity contribution in [2.75, 3.05) is 32.1 Å². The van der Waals surface area contributed by atoms with Crippen LogP contribution in [0.25, 0.3) is 0 Å². The Morgan fingerprint density at radius 3 is 2.79 bits per heavy atom. The lowest BCUT2D eigenvalue weighted by atomic mass is 10.1. The van der Waals surface area contributed by atoms with Crippen LogP contribution in [0.15, 0.2) is 24.3 Å². The number of likely N-dealkylation sites (tertiary alicyclic amines) is 1. The summed E-state index contributed by atoms with van der Waals surface area (Å²) in [5, 5.41) is 2.78. The molecule has 19 heavy (non-hydrogen) atoms. The summed E-state index contributed by atoms with van der Waals surface area (Å²) < 4.78 is 5.21. The van der Waals surface area contributed by atoms with Gasteiger partial charge in [-0.3, -0.25) is 9.69 Å². The average Bonchev–Trinajstić information content (AvgIpc) is 2.79. The van der Waals surface area contributed by atoms with Gasteiger partial charge in [0.25, 0.3) is 0 Å². The Morgan fingerprint density at radius 1 is 1.42 bits per heavy atom. The number of benzene rings is 1. The molecule has 1 saturated heterocycles. The third-order valence-corrected chi connectivity index (χ3v) is 3.45. The normalized spacial score (nSPS) is 19.6. The zero-order valence-corrected chi connectivity index (χ0v) is 11.7.